The van der Waals surface area contributed by atoms with Gasteiger partial charge in [0.05, 0.1) is 5.38 Å². The Morgan fingerprint density at radius 2 is 0.889 bits per heavy atom. The van der Waals surface area contributed by atoms with E-state index in [0.29, 0.717) is 0 Å². The molecule has 0 spiro atoms. The first-order chi connectivity index (χ1) is 15.1. The van der Waals surface area contributed by atoms with Gasteiger partial charge in [0, 0.05) is 12.6 Å². The Balaban J connectivity index is 6.89. The summed E-state index contributed by atoms with van der Waals surface area (Å²) in [6.07, 6.45) is -12.8. The summed E-state index contributed by atoms with van der Waals surface area (Å²) in [6.45, 7) is 0. The van der Waals surface area contributed by atoms with Crippen LogP contribution in [0.1, 0.15) is 6.42 Å². The number of rotatable bonds is 11. The van der Waals surface area contributed by atoms with Crippen molar-refractivity contribution in [2.45, 2.75) is 58.1 Å². The lowest BCUT2D eigenvalue weighted by Crippen LogP contribution is -2.73. The lowest BCUT2D eigenvalue weighted by molar-refractivity contribution is -0.452. The molecule has 0 N–H and O–H groups in total. The van der Waals surface area contributed by atoms with Crippen molar-refractivity contribution in [3.8, 4) is 0 Å². The van der Waals surface area contributed by atoms with E-state index >= 15 is 0 Å². The monoisotopic (exact) mass is 726 g/mol. The molecule has 0 radical (unpaired) electrons. The van der Waals surface area contributed by atoms with Gasteiger partial charge in [-0.05, 0) is 45.0 Å². The lowest BCUT2D eigenvalue weighted by Gasteiger charge is -2.43. The second kappa shape index (κ2) is 10.2. The van der Waals surface area contributed by atoms with E-state index < -0.39 is 76.0 Å². The molecule has 2 nitrogen and oxygen atoms in total. The quantitative estimate of drug-likeness (QED) is 0.121. The van der Waals surface area contributed by atoms with Crippen molar-refractivity contribution < 1.29 is 75.0 Å². The topological polar surface area (TPSA) is 34.1 Å². The largest absolute Gasteiger partial charge is 0.460 e. The molecule has 2 unspecified atom stereocenters. The molecular formula is C11H5Cl6F15O2P2. The minimum atomic E-state index is -8.56. The minimum Gasteiger partial charge on any atom is -0.289 e. The van der Waals surface area contributed by atoms with E-state index in [2.05, 4.69) is 0 Å². The van der Waals surface area contributed by atoms with Crippen LogP contribution >= 0.6 is 79.9 Å². The molecule has 0 saturated carbocycles. The summed E-state index contributed by atoms with van der Waals surface area (Å²) >= 11 is 30.6. The second-order valence-corrected chi connectivity index (χ2v) is 18.6. The molecule has 0 bridgehead atoms. The molecule has 0 aromatic heterocycles. The number of hydrogen-bond acceptors (Lipinski definition) is 2. The molecule has 0 aromatic rings. The lowest BCUT2D eigenvalue weighted by atomic mass is 9.89. The van der Waals surface area contributed by atoms with E-state index in [1.807, 2.05) is 0 Å². The first-order valence-corrected chi connectivity index (χ1v) is 15.8. The molecule has 218 valence electrons. The maximum atomic E-state index is 14.2. The van der Waals surface area contributed by atoms with Gasteiger partial charge in [0.25, 0.3) is 11.7 Å². The van der Waals surface area contributed by atoms with Crippen molar-refractivity contribution in [1.82, 2.24) is 0 Å². The van der Waals surface area contributed by atoms with E-state index in [0.717, 1.165) is 0 Å². The summed E-state index contributed by atoms with van der Waals surface area (Å²) < 4.78 is 219. The minimum absolute atomic E-state index is 1.62. The summed E-state index contributed by atoms with van der Waals surface area (Å²) in [7, 11) is 0. The van der Waals surface area contributed by atoms with Crippen LogP contribution in [0.4, 0.5) is 65.9 Å². The zero-order valence-corrected chi connectivity index (χ0v) is 22.0. The smallest absolute Gasteiger partial charge is 0.289 e. The maximum Gasteiger partial charge on any atom is 0.460 e. The summed E-state index contributed by atoms with van der Waals surface area (Å²) in [5.74, 6) is -58.9. The average Bonchev–Trinajstić information content (AvgIpc) is 2.56. The van der Waals surface area contributed by atoms with Gasteiger partial charge in [-0.25, -0.2) is 0 Å². The molecule has 0 aliphatic heterocycles. The molecule has 0 aliphatic rings. The highest BCUT2D eigenvalue weighted by molar-refractivity contribution is 8.10. The van der Waals surface area contributed by atoms with Crippen LogP contribution in [0.25, 0.3) is 0 Å². The Morgan fingerprint density at radius 1 is 0.583 bits per heavy atom. The number of halogens is 21. The van der Waals surface area contributed by atoms with Gasteiger partial charge >= 0.3 is 41.7 Å². The summed E-state index contributed by atoms with van der Waals surface area (Å²) in [4.78, 5) is 0. The van der Waals surface area contributed by atoms with E-state index in [4.69, 9.17) is 68.2 Å². The fourth-order valence-corrected chi connectivity index (χ4v) is 7.79. The van der Waals surface area contributed by atoms with Crippen LogP contribution in [0.15, 0.2) is 0 Å². The molecule has 2 atom stereocenters. The molecule has 0 fully saturated rings. The Bertz CT molecular complexity index is 916. The van der Waals surface area contributed by atoms with Crippen molar-refractivity contribution in [3.05, 3.63) is 0 Å². The van der Waals surface area contributed by atoms with E-state index in [1.54, 1.807) is 0 Å². The Kier molecular flexibility index (Phi) is 10.5. The fourth-order valence-electron chi connectivity index (χ4n) is 2.11. The van der Waals surface area contributed by atoms with Gasteiger partial charge in [0.1, 0.15) is 4.62 Å². The third kappa shape index (κ3) is 6.22. The molecule has 0 rings (SSSR count). The molecule has 0 aromatic carbocycles. The van der Waals surface area contributed by atoms with Gasteiger partial charge in [0.2, 0.25) is 0 Å². The predicted molar refractivity (Wildman–Crippen MR) is 102 cm³/mol. The van der Waals surface area contributed by atoms with Crippen LogP contribution in [0.5, 0.6) is 0 Å². The zero-order valence-electron chi connectivity index (χ0n) is 15.6. The Labute approximate surface area is 218 Å². The molecule has 0 aliphatic carbocycles. The van der Waals surface area contributed by atoms with Crippen LogP contribution in [0.3, 0.4) is 0 Å². The highest BCUT2D eigenvalue weighted by Crippen LogP contribution is 2.76. The van der Waals surface area contributed by atoms with Crippen LogP contribution in [-0.4, -0.2) is 57.9 Å². The van der Waals surface area contributed by atoms with Crippen molar-refractivity contribution >= 4 is 79.9 Å². The van der Waals surface area contributed by atoms with Crippen molar-refractivity contribution in [2.75, 3.05) is 6.16 Å². The molecule has 0 amide bonds. The zero-order chi connectivity index (χ0) is 30.0. The van der Waals surface area contributed by atoms with Gasteiger partial charge in [0.15, 0.2) is 0 Å². The summed E-state index contributed by atoms with van der Waals surface area (Å²) in [5, 5.41) is -2.83. The molecule has 0 saturated heterocycles. The van der Waals surface area contributed by atoms with Crippen LogP contribution in [0.2, 0.25) is 0 Å². The van der Waals surface area contributed by atoms with E-state index in [-0.39, 0.29) is 0 Å². The number of hydrogen-bond donors (Lipinski definition) is 0. The average molecular weight is 729 g/mol. The standard InChI is InChI=1S/C11H5Cl6F15O2P2/c12-3(1-35(14,15)33)4(13,36(16,17)34)2-5(18,19)6(20,21)7(22,23)8(24,25)9(26,27)10(28,29)11(30,31)32/h3H,1-2H2. The maximum absolute atomic E-state index is 14.2. The normalized spacial score (nSPS) is 18.7. The van der Waals surface area contributed by atoms with Gasteiger partial charge in [-0.15, -0.1) is 23.2 Å². The summed E-state index contributed by atoms with van der Waals surface area (Å²) in [6, 6.07) is 0. The van der Waals surface area contributed by atoms with E-state index in [9.17, 15) is 75.0 Å². The number of alkyl halides is 17. The first-order valence-electron chi connectivity index (χ1n) is 7.73. The van der Waals surface area contributed by atoms with Gasteiger partial charge in [-0.1, -0.05) is 0 Å². The fraction of sp³-hybridized carbons (Fsp3) is 1.00. The van der Waals surface area contributed by atoms with E-state index in [1.165, 1.54) is 0 Å². The van der Waals surface area contributed by atoms with Gasteiger partial charge in [-0.3, -0.25) is 9.13 Å². The van der Waals surface area contributed by atoms with Gasteiger partial charge < -0.3 is 0 Å². The van der Waals surface area contributed by atoms with Gasteiger partial charge in [-0.2, -0.15) is 65.9 Å². The van der Waals surface area contributed by atoms with Crippen molar-refractivity contribution in [2.24, 2.45) is 0 Å². The predicted octanol–water partition coefficient (Wildman–Crippen LogP) is 10.6. The summed E-state index contributed by atoms with van der Waals surface area (Å²) in [5.41, 5.74) is 0. The highest BCUT2D eigenvalue weighted by Gasteiger charge is 2.93. The third-order valence-corrected chi connectivity index (χ3v) is 11.5. The van der Waals surface area contributed by atoms with Crippen LogP contribution in [0, 0.1) is 0 Å². The third-order valence-electron chi connectivity index (χ3n) is 4.15. The van der Waals surface area contributed by atoms with Crippen molar-refractivity contribution in [1.29, 1.82) is 0 Å². The Hall–Kier alpha value is 1.15. The molecule has 0 heterocycles. The SMILES string of the molecule is O=P(Cl)(Cl)CC(Cl)C(Cl)(CC(F)(F)C(F)(F)C(F)(F)C(F)(F)C(F)(F)C(F)(F)C(F)(F)F)P(=O)(Cl)Cl. The van der Waals surface area contributed by atoms with Crippen LogP contribution in [-0.2, 0) is 9.13 Å². The van der Waals surface area contributed by atoms with Crippen molar-refractivity contribution in [3.63, 3.8) is 0 Å². The molecule has 25 heteroatoms. The second-order valence-electron chi connectivity index (χ2n) is 6.75. The Morgan fingerprint density at radius 3 is 1.17 bits per heavy atom. The van der Waals surface area contributed by atoms with Crippen LogP contribution < -0.4 is 0 Å². The molecular weight excluding hydrogens is 724 g/mol. The highest BCUT2D eigenvalue weighted by atomic mass is 35.9. The first kappa shape index (κ1) is 37.1. The molecule has 36 heavy (non-hydrogen) atoms.